The number of para-hydroxylation sites is 1. The maximum Gasteiger partial charge on any atom is 0.256 e. The van der Waals surface area contributed by atoms with Gasteiger partial charge in [0.2, 0.25) is 0 Å². The minimum Gasteiger partial charge on any atom is -0.322 e. The number of nitrogens with zero attached hydrogens (tertiary/aromatic N) is 1. The van der Waals surface area contributed by atoms with Crippen LogP contribution in [0.3, 0.4) is 0 Å². The van der Waals surface area contributed by atoms with Crippen molar-refractivity contribution in [3.05, 3.63) is 71.2 Å². The molecule has 2 aromatic carbocycles. The summed E-state index contributed by atoms with van der Waals surface area (Å²) >= 11 is 0. The molecule has 1 N–H and O–H groups in total. The summed E-state index contributed by atoms with van der Waals surface area (Å²) in [6.07, 6.45) is 0.982. The number of anilines is 1. The Labute approximate surface area is 146 Å². The van der Waals surface area contributed by atoms with Crippen LogP contribution >= 0.6 is 0 Å². The van der Waals surface area contributed by atoms with E-state index in [2.05, 4.69) is 24.1 Å². The average Bonchev–Trinajstić information content (AvgIpc) is 2.61. The number of hydrogen-bond acceptors (Lipinski definition) is 2. The number of benzene rings is 2. The molecule has 1 aromatic heterocycles. The van der Waals surface area contributed by atoms with Crippen LogP contribution in [-0.2, 0) is 0 Å². The lowest BCUT2D eigenvalue weighted by Gasteiger charge is -2.16. The Kier molecular flexibility index (Phi) is 4.79. The highest BCUT2D eigenvalue weighted by Crippen LogP contribution is 2.28. The van der Waals surface area contributed by atoms with Crippen molar-refractivity contribution >= 4 is 22.5 Å². The first kappa shape index (κ1) is 17.1. The summed E-state index contributed by atoms with van der Waals surface area (Å²) in [6.45, 7) is 6.07. The van der Waals surface area contributed by atoms with E-state index in [9.17, 15) is 9.18 Å². The zero-order valence-corrected chi connectivity index (χ0v) is 14.6. The first-order chi connectivity index (χ1) is 12.0. The number of aryl methyl sites for hydroxylation is 1. The number of fused-ring (bicyclic) bond motifs is 1. The van der Waals surface area contributed by atoms with E-state index < -0.39 is 0 Å². The Bertz CT molecular complexity index is 936. The van der Waals surface area contributed by atoms with Gasteiger partial charge in [-0.25, -0.2) is 4.39 Å². The second kappa shape index (κ2) is 7.01. The number of aromatic nitrogens is 1. The fourth-order valence-corrected chi connectivity index (χ4v) is 2.97. The van der Waals surface area contributed by atoms with Gasteiger partial charge in [-0.1, -0.05) is 32.0 Å². The number of halogens is 1. The lowest BCUT2D eigenvalue weighted by atomic mass is 9.96. The van der Waals surface area contributed by atoms with Gasteiger partial charge in [0.05, 0.1) is 11.1 Å². The molecule has 4 heteroatoms. The molecular formula is C21H21FN2O. The van der Waals surface area contributed by atoms with E-state index >= 15 is 0 Å². The lowest BCUT2D eigenvalue weighted by molar-refractivity contribution is 0.102. The predicted molar refractivity (Wildman–Crippen MR) is 99.5 cm³/mol. The molecular weight excluding hydrogens is 315 g/mol. The molecule has 0 aliphatic heterocycles. The van der Waals surface area contributed by atoms with Crippen molar-refractivity contribution < 1.29 is 9.18 Å². The molecule has 1 heterocycles. The molecule has 128 valence electrons. The van der Waals surface area contributed by atoms with Crippen LogP contribution in [0.5, 0.6) is 0 Å². The standard InChI is InChI=1S/C21H21FN2O/c1-4-13(2)16-7-5-6-8-19(16)24-21(25)18-11-14(3)23-20-10-9-15(22)12-17(18)20/h5-13H,4H2,1-3H3,(H,24,25). The van der Waals surface area contributed by atoms with Crippen LogP contribution in [0.1, 0.15) is 47.8 Å². The Balaban J connectivity index is 2.03. The number of carbonyl (C=O) groups excluding carboxylic acids is 1. The van der Waals surface area contributed by atoms with Gasteiger partial charge in [-0.05, 0) is 55.2 Å². The summed E-state index contributed by atoms with van der Waals surface area (Å²) in [5.74, 6) is -0.297. The molecule has 0 saturated carbocycles. The van der Waals surface area contributed by atoms with Gasteiger partial charge in [0, 0.05) is 16.8 Å². The molecule has 0 aliphatic rings. The van der Waals surface area contributed by atoms with Crippen molar-refractivity contribution in [2.75, 3.05) is 5.32 Å². The number of hydrogen-bond donors (Lipinski definition) is 1. The zero-order valence-electron chi connectivity index (χ0n) is 14.6. The highest BCUT2D eigenvalue weighted by atomic mass is 19.1. The monoisotopic (exact) mass is 336 g/mol. The number of pyridine rings is 1. The Hall–Kier alpha value is -2.75. The SMILES string of the molecule is CCC(C)c1ccccc1NC(=O)c1cc(C)nc2ccc(F)cc12. The third-order valence-corrected chi connectivity index (χ3v) is 4.50. The second-order valence-corrected chi connectivity index (χ2v) is 6.32. The van der Waals surface area contributed by atoms with Crippen molar-refractivity contribution in [1.29, 1.82) is 0 Å². The van der Waals surface area contributed by atoms with Crippen LogP contribution in [0, 0.1) is 12.7 Å². The van der Waals surface area contributed by atoms with Gasteiger partial charge >= 0.3 is 0 Å². The zero-order chi connectivity index (χ0) is 18.0. The molecule has 1 amide bonds. The third kappa shape index (κ3) is 3.53. The number of carbonyl (C=O) groups is 1. The molecule has 0 fully saturated rings. The third-order valence-electron chi connectivity index (χ3n) is 4.50. The summed E-state index contributed by atoms with van der Waals surface area (Å²) in [4.78, 5) is 17.3. The first-order valence-electron chi connectivity index (χ1n) is 8.46. The summed E-state index contributed by atoms with van der Waals surface area (Å²) < 4.78 is 13.7. The van der Waals surface area contributed by atoms with Gasteiger partial charge in [-0.2, -0.15) is 0 Å². The topological polar surface area (TPSA) is 42.0 Å². The molecule has 1 unspecified atom stereocenters. The van der Waals surface area contributed by atoms with Gasteiger partial charge in [0.1, 0.15) is 5.82 Å². The minimum absolute atomic E-state index is 0.253. The molecule has 0 bridgehead atoms. The smallest absolute Gasteiger partial charge is 0.256 e. The quantitative estimate of drug-likeness (QED) is 0.688. The van der Waals surface area contributed by atoms with Gasteiger partial charge in [0.15, 0.2) is 0 Å². The van der Waals surface area contributed by atoms with Crippen LogP contribution in [0.15, 0.2) is 48.5 Å². The molecule has 1 atom stereocenters. The van der Waals surface area contributed by atoms with Crippen molar-refractivity contribution in [2.45, 2.75) is 33.1 Å². The van der Waals surface area contributed by atoms with Crippen LogP contribution in [0.4, 0.5) is 10.1 Å². The summed E-state index contributed by atoms with van der Waals surface area (Å²) in [6, 6.07) is 13.8. The summed E-state index contributed by atoms with van der Waals surface area (Å²) in [7, 11) is 0. The van der Waals surface area contributed by atoms with Crippen molar-refractivity contribution in [2.24, 2.45) is 0 Å². The van der Waals surface area contributed by atoms with Crippen LogP contribution in [-0.4, -0.2) is 10.9 Å². The largest absolute Gasteiger partial charge is 0.322 e. The summed E-state index contributed by atoms with van der Waals surface area (Å²) in [5.41, 5.74) is 3.66. The molecule has 0 radical (unpaired) electrons. The van der Waals surface area contributed by atoms with Gasteiger partial charge < -0.3 is 5.32 Å². The fourth-order valence-electron chi connectivity index (χ4n) is 2.97. The normalized spacial score (nSPS) is 12.2. The second-order valence-electron chi connectivity index (χ2n) is 6.32. The van der Waals surface area contributed by atoms with Crippen molar-refractivity contribution in [3.63, 3.8) is 0 Å². The Morgan fingerprint density at radius 3 is 2.72 bits per heavy atom. The Morgan fingerprint density at radius 1 is 1.20 bits per heavy atom. The van der Waals surface area contributed by atoms with E-state index in [1.54, 1.807) is 12.1 Å². The van der Waals surface area contributed by atoms with Gasteiger partial charge in [0.25, 0.3) is 5.91 Å². The maximum absolute atomic E-state index is 13.7. The van der Waals surface area contributed by atoms with Crippen molar-refractivity contribution in [3.8, 4) is 0 Å². The Morgan fingerprint density at radius 2 is 1.96 bits per heavy atom. The highest BCUT2D eigenvalue weighted by molar-refractivity contribution is 6.12. The van der Waals surface area contributed by atoms with Crippen molar-refractivity contribution in [1.82, 2.24) is 4.98 Å². The molecule has 3 nitrogen and oxygen atoms in total. The molecule has 25 heavy (non-hydrogen) atoms. The van der Waals surface area contributed by atoms with Crippen LogP contribution in [0.25, 0.3) is 10.9 Å². The lowest BCUT2D eigenvalue weighted by Crippen LogP contribution is -2.15. The van der Waals surface area contributed by atoms with Gasteiger partial charge in [-0.3, -0.25) is 9.78 Å². The minimum atomic E-state index is -0.382. The van der Waals surface area contributed by atoms with E-state index in [1.165, 1.54) is 12.1 Å². The fraction of sp³-hybridized carbons (Fsp3) is 0.238. The molecule has 3 rings (SSSR count). The summed E-state index contributed by atoms with van der Waals surface area (Å²) in [5, 5.41) is 3.51. The number of nitrogens with one attached hydrogen (secondary N) is 1. The molecule has 0 aliphatic carbocycles. The van der Waals surface area contributed by atoms with E-state index in [4.69, 9.17) is 0 Å². The van der Waals surface area contributed by atoms with Crippen LogP contribution < -0.4 is 5.32 Å². The number of rotatable bonds is 4. The van der Waals surface area contributed by atoms with E-state index in [0.717, 1.165) is 23.4 Å². The highest BCUT2D eigenvalue weighted by Gasteiger charge is 2.16. The van der Waals surface area contributed by atoms with Gasteiger partial charge in [-0.15, -0.1) is 0 Å². The first-order valence-corrected chi connectivity index (χ1v) is 8.46. The number of amides is 1. The van der Waals surface area contributed by atoms with E-state index in [1.807, 2.05) is 31.2 Å². The molecule has 0 spiro atoms. The average molecular weight is 336 g/mol. The van der Waals surface area contributed by atoms with E-state index in [-0.39, 0.29) is 11.7 Å². The van der Waals surface area contributed by atoms with E-state index in [0.29, 0.717) is 22.4 Å². The van der Waals surface area contributed by atoms with Crippen LogP contribution in [0.2, 0.25) is 0 Å². The maximum atomic E-state index is 13.7. The molecule has 3 aromatic rings. The predicted octanol–water partition coefficient (Wildman–Crippen LogP) is 5.45. The molecule has 0 saturated heterocycles.